The number of carboxylic acids is 1. The molecule has 1 fully saturated rings. The average molecular weight is 374 g/mol. The summed E-state index contributed by atoms with van der Waals surface area (Å²) in [5, 5.41) is 14.4. The minimum absolute atomic E-state index is 0.00185. The van der Waals surface area contributed by atoms with E-state index in [-0.39, 0.29) is 5.91 Å². The molecule has 0 radical (unpaired) electrons. The van der Waals surface area contributed by atoms with Crippen LogP contribution in [0.4, 0.5) is 0 Å². The molecule has 1 N–H and O–H groups in total. The number of nitrogens with zero attached hydrogens (tertiary/aromatic N) is 4. The van der Waals surface area contributed by atoms with Gasteiger partial charge in [-0.3, -0.25) is 9.59 Å². The molecule has 1 atom stereocenters. The van der Waals surface area contributed by atoms with Crippen LogP contribution in [0, 0.1) is 19.8 Å². The first-order chi connectivity index (χ1) is 12.8. The Balaban J connectivity index is 1.78. The van der Waals surface area contributed by atoms with E-state index in [0.29, 0.717) is 38.2 Å². The van der Waals surface area contributed by atoms with E-state index in [1.807, 2.05) is 20.9 Å². The number of likely N-dealkylation sites (tertiary alicyclic amines) is 1. The zero-order valence-electron chi connectivity index (χ0n) is 16.3. The van der Waals surface area contributed by atoms with Crippen LogP contribution in [0.5, 0.6) is 5.88 Å². The Labute approximate surface area is 158 Å². The van der Waals surface area contributed by atoms with Crippen molar-refractivity contribution in [2.45, 2.75) is 39.5 Å². The molecule has 1 aliphatic heterocycles. The molecule has 0 aliphatic carbocycles. The van der Waals surface area contributed by atoms with Crippen LogP contribution < -0.4 is 4.74 Å². The van der Waals surface area contributed by atoms with Gasteiger partial charge in [0.15, 0.2) is 5.65 Å². The summed E-state index contributed by atoms with van der Waals surface area (Å²) >= 11 is 0. The second-order valence-electron chi connectivity index (χ2n) is 7.15. The number of fused-ring (bicyclic) bond motifs is 1. The number of carbonyl (C=O) groups excluding carboxylic acids is 1. The quantitative estimate of drug-likeness (QED) is 0.858. The fourth-order valence-corrected chi connectivity index (χ4v) is 3.90. The maximum atomic E-state index is 12.6. The molecule has 2 aromatic rings. The number of aryl methyl sites for hydroxylation is 3. The van der Waals surface area contributed by atoms with E-state index in [1.165, 1.54) is 0 Å². The summed E-state index contributed by atoms with van der Waals surface area (Å²) in [7, 11) is 3.41. The standard InChI is InChI=1S/C19H26N4O4/c1-11-14(12(2)20-17-16(11)18(27-4)21-22(17)3)7-8-15(24)23-9-5-6-13(10-23)19(25)26/h13H,5-10H2,1-4H3,(H,25,26). The molecule has 0 saturated carbocycles. The number of aromatic nitrogens is 3. The van der Waals surface area contributed by atoms with E-state index in [4.69, 9.17) is 4.74 Å². The third kappa shape index (κ3) is 3.61. The number of rotatable bonds is 5. The summed E-state index contributed by atoms with van der Waals surface area (Å²) in [5.41, 5.74) is 3.68. The lowest BCUT2D eigenvalue weighted by molar-refractivity contribution is -0.145. The first-order valence-corrected chi connectivity index (χ1v) is 9.20. The number of carbonyl (C=O) groups is 2. The van der Waals surface area contributed by atoms with Gasteiger partial charge in [0.2, 0.25) is 11.8 Å². The van der Waals surface area contributed by atoms with Crippen molar-refractivity contribution in [2.24, 2.45) is 13.0 Å². The van der Waals surface area contributed by atoms with Crippen molar-refractivity contribution in [3.05, 3.63) is 16.8 Å². The Bertz CT molecular complexity index is 890. The molecule has 146 valence electrons. The zero-order valence-corrected chi connectivity index (χ0v) is 16.3. The van der Waals surface area contributed by atoms with Gasteiger partial charge in [-0.05, 0) is 44.2 Å². The van der Waals surface area contributed by atoms with Crippen LogP contribution in [-0.2, 0) is 23.1 Å². The number of amides is 1. The van der Waals surface area contributed by atoms with Crippen LogP contribution in [0.15, 0.2) is 0 Å². The Morgan fingerprint density at radius 1 is 1.33 bits per heavy atom. The molecule has 1 saturated heterocycles. The molecule has 3 heterocycles. The Morgan fingerprint density at radius 3 is 2.74 bits per heavy atom. The van der Waals surface area contributed by atoms with Gasteiger partial charge in [0.05, 0.1) is 18.4 Å². The van der Waals surface area contributed by atoms with E-state index < -0.39 is 11.9 Å². The molecule has 0 spiro atoms. The molecule has 0 bridgehead atoms. The maximum Gasteiger partial charge on any atom is 0.308 e. The van der Waals surface area contributed by atoms with Crippen LogP contribution in [-0.4, -0.2) is 56.8 Å². The lowest BCUT2D eigenvalue weighted by Gasteiger charge is -2.30. The van der Waals surface area contributed by atoms with Gasteiger partial charge in [-0.2, -0.15) is 0 Å². The van der Waals surface area contributed by atoms with E-state index in [9.17, 15) is 14.7 Å². The fourth-order valence-electron chi connectivity index (χ4n) is 3.90. The van der Waals surface area contributed by atoms with Gasteiger partial charge < -0.3 is 14.7 Å². The topological polar surface area (TPSA) is 97.5 Å². The first kappa shape index (κ1) is 19.1. The highest BCUT2D eigenvalue weighted by atomic mass is 16.5. The third-order valence-corrected chi connectivity index (χ3v) is 5.43. The van der Waals surface area contributed by atoms with Crippen molar-refractivity contribution in [3.63, 3.8) is 0 Å². The molecule has 1 unspecified atom stereocenters. The van der Waals surface area contributed by atoms with Gasteiger partial charge in [-0.25, -0.2) is 9.67 Å². The molecule has 8 heteroatoms. The van der Waals surface area contributed by atoms with Crippen LogP contribution in [0.2, 0.25) is 0 Å². The van der Waals surface area contributed by atoms with E-state index in [0.717, 1.165) is 34.3 Å². The van der Waals surface area contributed by atoms with Crippen LogP contribution in [0.1, 0.15) is 36.1 Å². The van der Waals surface area contributed by atoms with Crippen LogP contribution >= 0.6 is 0 Å². The Kier molecular flexibility index (Phi) is 5.34. The van der Waals surface area contributed by atoms with Crippen LogP contribution in [0.3, 0.4) is 0 Å². The summed E-state index contributed by atoms with van der Waals surface area (Å²) < 4.78 is 7.07. The minimum Gasteiger partial charge on any atom is -0.481 e. The zero-order chi connectivity index (χ0) is 19.7. The normalized spacial score (nSPS) is 17.3. The van der Waals surface area contributed by atoms with Crippen molar-refractivity contribution in [1.82, 2.24) is 19.7 Å². The average Bonchev–Trinajstić information content (AvgIpc) is 2.97. The highest BCUT2D eigenvalue weighted by Crippen LogP contribution is 2.30. The van der Waals surface area contributed by atoms with Crippen molar-refractivity contribution >= 4 is 22.9 Å². The SMILES string of the molecule is COc1nn(C)c2nc(C)c(CCC(=O)N3CCCC(C(=O)O)C3)c(C)c12. The van der Waals surface area contributed by atoms with Crippen molar-refractivity contribution in [1.29, 1.82) is 0 Å². The molecule has 3 rings (SSSR count). The predicted molar refractivity (Wildman–Crippen MR) is 99.8 cm³/mol. The number of hydrogen-bond donors (Lipinski definition) is 1. The van der Waals surface area contributed by atoms with E-state index in [2.05, 4.69) is 10.1 Å². The van der Waals surface area contributed by atoms with E-state index >= 15 is 0 Å². The first-order valence-electron chi connectivity index (χ1n) is 9.20. The molecule has 1 amide bonds. The lowest BCUT2D eigenvalue weighted by atomic mass is 9.96. The highest BCUT2D eigenvalue weighted by molar-refractivity contribution is 5.86. The molecule has 1 aliphatic rings. The number of methoxy groups -OCH3 is 1. The predicted octanol–water partition coefficient (Wildman–Crippen LogP) is 1.85. The molecular weight excluding hydrogens is 348 g/mol. The second-order valence-corrected chi connectivity index (χ2v) is 7.15. The van der Waals surface area contributed by atoms with Crippen molar-refractivity contribution < 1.29 is 19.4 Å². The monoisotopic (exact) mass is 374 g/mol. The third-order valence-electron chi connectivity index (χ3n) is 5.43. The van der Waals surface area contributed by atoms with Gasteiger partial charge in [0.1, 0.15) is 0 Å². The molecule has 27 heavy (non-hydrogen) atoms. The van der Waals surface area contributed by atoms with Gasteiger partial charge in [-0.15, -0.1) is 5.10 Å². The largest absolute Gasteiger partial charge is 0.481 e. The Morgan fingerprint density at radius 2 is 2.07 bits per heavy atom. The van der Waals surface area contributed by atoms with Gasteiger partial charge in [-0.1, -0.05) is 0 Å². The lowest BCUT2D eigenvalue weighted by Crippen LogP contribution is -2.42. The molecule has 2 aromatic heterocycles. The van der Waals surface area contributed by atoms with Crippen molar-refractivity contribution in [3.8, 4) is 5.88 Å². The van der Waals surface area contributed by atoms with Gasteiger partial charge >= 0.3 is 5.97 Å². The van der Waals surface area contributed by atoms with E-state index in [1.54, 1.807) is 16.7 Å². The van der Waals surface area contributed by atoms with Gasteiger partial charge in [0.25, 0.3) is 0 Å². The van der Waals surface area contributed by atoms with Crippen molar-refractivity contribution in [2.75, 3.05) is 20.2 Å². The minimum atomic E-state index is -0.822. The number of piperidine rings is 1. The second kappa shape index (κ2) is 7.54. The summed E-state index contributed by atoms with van der Waals surface area (Å²) in [6.45, 7) is 4.88. The highest BCUT2D eigenvalue weighted by Gasteiger charge is 2.28. The molecule has 8 nitrogen and oxygen atoms in total. The maximum absolute atomic E-state index is 12.6. The molecule has 0 aromatic carbocycles. The fraction of sp³-hybridized carbons (Fsp3) is 0.579. The summed E-state index contributed by atoms with van der Waals surface area (Å²) in [5.74, 6) is -0.746. The number of pyridine rings is 1. The summed E-state index contributed by atoms with van der Waals surface area (Å²) in [4.78, 5) is 30.2. The number of hydrogen-bond acceptors (Lipinski definition) is 5. The van der Waals surface area contributed by atoms with Gasteiger partial charge in [0, 0.05) is 32.3 Å². The summed E-state index contributed by atoms with van der Waals surface area (Å²) in [6, 6.07) is 0. The number of aliphatic carboxylic acids is 1. The Hall–Kier alpha value is -2.64. The smallest absolute Gasteiger partial charge is 0.308 e. The van der Waals surface area contributed by atoms with Crippen LogP contribution in [0.25, 0.3) is 11.0 Å². The number of ether oxygens (including phenoxy) is 1. The summed E-state index contributed by atoms with van der Waals surface area (Å²) in [6.07, 6.45) is 2.27. The number of carboxylic acid groups (broad SMARTS) is 1. The molecular formula is C19H26N4O4.